The summed E-state index contributed by atoms with van der Waals surface area (Å²) in [7, 11) is 0. The van der Waals surface area contributed by atoms with Gasteiger partial charge in [-0.15, -0.1) is 11.8 Å². The van der Waals surface area contributed by atoms with Crippen molar-refractivity contribution in [1.82, 2.24) is 4.98 Å². The van der Waals surface area contributed by atoms with E-state index in [1.807, 2.05) is 12.1 Å². The lowest BCUT2D eigenvalue weighted by molar-refractivity contribution is 0.318. The van der Waals surface area contributed by atoms with Gasteiger partial charge in [0, 0.05) is 16.8 Å². The summed E-state index contributed by atoms with van der Waals surface area (Å²) >= 11 is 1.72. The van der Waals surface area contributed by atoms with Gasteiger partial charge in [0.2, 0.25) is 0 Å². The number of amidine groups is 1. The van der Waals surface area contributed by atoms with Crippen LogP contribution in [0.1, 0.15) is 22.4 Å². The van der Waals surface area contributed by atoms with Crippen molar-refractivity contribution in [2.75, 3.05) is 0 Å². The summed E-state index contributed by atoms with van der Waals surface area (Å²) in [4.78, 5) is 5.41. The third kappa shape index (κ3) is 3.30. The highest BCUT2D eigenvalue weighted by atomic mass is 32.2. The van der Waals surface area contributed by atoms with E-state index in [0.29, 0.717) is 5.69 Å². The van der Waals surface area contributed by atoms with Gasteiger partial charge < -0.3 is 10.9 Å². The molecule has 2 rings (SSSR count). The van der Waals surface area contributed by atoms with Crippen LogP contribution in [0.15, 0.2) is 46.6 Å². The fourth-order valence-electron chi connectivity index (χ4n) is 1.85. The molecule has 20 heavy (non-hydrogen) atoms. The maximum Gasteiger partial charge on any atom is 0.189 e. The Labute approximate surface area is 122 Å². The zero-order valence-electron chi connectivity index (χ0n) is 11.5. The lowest BCUT2D eigenvalue weighted by Gasteiger charge is -2.09. The molecule has 1 heterocycles. The number of nitrogens with two attached hydrogens (primary N) is 1. The minimum atomic E-state index is 0.0437. The van der Waals surface area contributed by atoms with Gasteiger partial charge in [0.1, 0.15) is 5.69 Å². The van der Waals surface area contributed by atoms with Crippen LogP contribution in [0.5, 0.6) is 0 Å². The molecule has 0 saturated carbocycles. The molecule has 1 aromatic heterocycles. The molecule has 0 amide bonds. The number of rotatable bonds is 4. The summed E-state index contributed by atoms with van der Waals surface area (Å²) in [5.41, 5.74) is 9.62. The number of aryl methyl sites for hydroxylation is 2. The van der Waals surface area contributed by atoms with Crippen LogP contribution in [0.2, 0.25) is 0 Å². The van der Waals surface area contributed by atoms with Crippen molar-refractivity contribution in [3.8, 4) is 0 Å². The van der Waals surface area contributed by atoms with E-state index in [1.54, 1.807) is 18.0 Å². The van der Waals surface area contributed by atoms with Crippen molar-refractivity contribution in [2.45, 2.75) is 24.5 Å². The topological polar surface area (TPSA) is 71.5 Å². The number of hydrogen-bond acceptors (Lipinski definition) is 4. The number of benzene rings is 1. The Hall–Kier alpha value is -2.01. The number of hydrogen-bond donors (Lipinski definition) is 2. The van der Waals surface area contributed by atoms with Gasteiger partial charge in [0.15, 0.2) is 5.84 Å². The molecule has 0 radical (unpaired) electrons. The molecule has 0 spiro atoms. The summed E-state index contributed by atoms with van der Waals surface area (Å²) < 4.78 is 0. The Kier molecular flexibility index (Phi) is 4.63. The van der Waals surface area contributed by atoms with E-state index in [1.165, 1.54) is 16.0 Å². The highest BCUT2D eigenvalue weighted by Gasteiger charge is 2.09. The Bertz CT molecular complexity index is 641. The quantitative estimate of drug-likeness (QED) is 0.298. The molecule has 5 heteroatoms. The number of aromatic nitrogens is 1. The maximum atomic E-state index is 8.79. The molecule has 0 saturated heterocycles. The second-order valence-electron chi connectivity index (χ2n) is 4.55. The first-order chi connectivity index (χ1) is 9.61. The molecule has 0 fully saturated rings. The van der Waals surface area contributed by atoms with Gasteiger partial charge in [-0.2, -0.15) is 0 Å². The van der Waals surface area contributed by atoms with Gasteiger partial charge in [-0.05, 0) is 37.1 Å². The zero-order valence-corrected chi connectivity index (χ0v) is 12.3. The highest BCUT2D eigenvalue weighted by Crippen LogP contribution is 2.27. The number of thioether (sulfide) groups is 1. The van der Waals surface area contributed by atoms with Crippen LogP contribution in [0.3, 0.4) is 0 Å². The SMILES string of the molecule is Cc1ccc(C)c(SCc2cccnc2C(N)=NO)c1. The first-order valence-corrected chi connectivity index (χ1v) is 7.22. The molecular weight excluding hydrogens is 270 g/mol. The average molecular weight is 287 g/mol. The molecule has 0 atom stereocenters. The van der Waals surface area contributed by atoms with E-state index < -0.39 is 0 Å². The fourth-order valence-corrected chi connectivity index (χ4v) is 2.96. The van der Waals surface area contributed by atoms with Crippen LogP contribution in [0.25, 0.3) is 0 Å². The van der Waals surface area contributed by atoms with Crippen molar-refractivity contribution in [3.63, 3.8) is 0 Å². The van der Waals surface area contributed by atoms with Crippen molar-refractivity contribution in [2.24, 2.45) is 10.9 Å². The van der Waals surface area contributed by atoms with E-state index in [9.17, 15) is 0 Å². The zero-order chi connectivity index (χ0) is 14.5. The predicted octanol–water partition coefficient (Wildman–Crippen LogP) is 3.09. The van der Waals surface area contributed by atoms with Crippen LogP contribution in [-0.2, 0) is 5.75 Å². The summed E-state index contributed by atoms with van der Waals surface area (Å²) in [6, 6.07) is 10.2. The fraction of sp³-hybridized carbons (Fsp3) is 0.200. The molecule has 0 aliphatic rings. The second kappa shape index (κ2) is 6.43. The third-order valence-corrected chi connectivity index (χ3v) is 4.17. The highest BCUT2D eigenvalue weighted by molar-refractivity contribution is 7.98. The lowest BCUT2D eigenvalue weighted by Crippen LogP contribution is -2.17. The van der Waals surface area contributed by atoms with Crippen molar-refractivity contribution >= 4 is 17.6 Å². The minimum Gasteiger partial charge on any atom is -0.409 e. The molecule has 1 aromatic carbocycles. The third-order valence-electron chi connectivity index (χ3n) is 2.97. The van der Waals surface area contributed by atoms with E-state index in [-0.39, 0.29) is 5.84 Å². The molecule has 3 N–H and O–H groups in total. The molecule has 4 nitrogen and oxygen atoms in total. The smallest absolute Gasteiger partial charge is 0.189 e. The summed E-state index contributed by atoms with van der Waals surface area (Å²) in [6.07, 6.45) is 1.64. The first kappa shape index (κ1) is 14.4. The van der Waals surface area contributed by atoms with E-state index in [0.717, 1.165) is 11.3 Å². The monoisotopic (exact) mass is 287 g/mol. The van der Waals surface area contributed by atoms with E-state index in [2.05, 4.69) is 42.2 Å². The molecule has 104 valence electrons. The summed E-state index contributed by atoms with van der Waals surface area (Å²) in [5, 5.41) is 11.8. The van der Waals surface area contributed by atoms with Crippen molar-refractivity contribution < 1.29 is 5.21 Å². The van der Waals surface area contributed by atoms with Crippen molar-refractivity contribution in [3.05, 3.63) is 58.9 Å². The molecule has 0 bridgehead atoms. The predicted molar refractivity (Wildman–Crippen MR) is 82.2 cm³/mol. The molecular formula is C15H17N3OS. The van der Waals surface area contributed by atoms with Crippen LogP contribution in [0.4, 0.5) is 0 Å². The molecule has 2 aromatic rings. The van der Waals surface area contributed by atoms with E-state index >= 15 is 0 Å². The average Bonchev–Trinajstić information content (AvgIpc) is 2.47. The summed E-state index contributed by atoms with van der Waals surface area (Å²) in [6.45, 7) is 4.17. The largest absolute Gasteiger partial charge is 0.409 e. The van der Waals surface area contributed by atoms with Crippen LogP contribution in [0, 0.1) is 13.8 Å². The van der Waals surface area contributed by atoms with Crippen LogP contribution >= 0.6 is 11.8 Å². The standard InChI is InChI=1S/C15H17N3OS/c1-10-5-6-11(2)13(8-10)20-9-12-4-3-7-17-14(12)15(16)18-19/h3-8,19H,9H2,1-2H3,(H2,16,18). The van der Waals surface area contributed by atoms with Gasteiger partial charge in [-0.3, -0.25) is 4.98 Å². The Balaban J connectivity index is 2.21. The molecule has 0 unspecified atom stereocenters. The molecule has 0 aliphatic heterocycles. The number of oxime groups is 1. The van der Waals surface area contributed by atoms with Gasteiger partial charge in [0.05, 0.1) is 0 Å². The van der Waals surface area contributed by atoms with Crippen LogP contribution in [-0.4, -0.2) is 16.0 Å². The second-order valence-corrected chi connectivity index (χ2v) is 5.57. The first-order valence-electron chi connectivity index (χ1n) is 6.23. The summed E-state index contributed by atoms with van der Waals surface area (Å²) in [5.74, 6) is 0.770. The number of nitrogens with zero attached hydrogens (tertiary/aromatic N) is 2. The minimum absolute atomic E-state index is 0.0437. The Morgan fingerprint density at radius 2 is 2.15 bits per heavy atom. The van der Waals surface area contributed by atoms with Gasteiger partial charge in [-0.25, -0.2) is 0 Å². The van der Waals surface area contributed by atoms with Gasteiger partial charge in [0.25, 0.3) is 0 Å². The normalized spacial score (nSPS) is 11.6. The van der Waals surface area contributed by atoms with Crippen LogP contribution < -0.4 is 5.73 Å². The Morgan fingerprint density at radius 3 is 2.90 bits per heavy atom. The molecule has 0 aliphatic carbocycles. The number of pyridine rings is 1. The Morgan fingerprint density at radius 1 is 1.35 bits per heavy atom. The van der Waals surface area contributed by atoms with Gasteiger partial charge >= 0.3 is 0 Å². The maximum absolute atomic E-state index is 8.79. The van der Waals surface area contributed by atoms with Crippen molar-refractivity contribution in [1.29, 1.82) is 0 Å². The lowest BCUT2D eigenvalue weighted by atomic mass is 10.2. The van der Waals surface area contributed by atoms with E-state index in [4.69, 9.17) is 10.9 Å². The van der Waals surface area contributed by atoms with Gasteiger partial charge in [-0.1, -0.05) is 28.9 Å².